The Balaban J connectivity index is 1.19. The number of rotatable bonds is 6. The number of amides is 1. The van der Waals surface area contributed by atoms with E-state index in [1.807, 2.05) is 11.8 Å². The van der Waals surface area contributed by atoms with E-state index >= 15 is 0 Å². The highest BCUT2D eigenvalue weighted by Gasteiger charge is 2.32. The molecule has 1 amide bonds. The topological polar surface area (TPSA) is 98.7 Å². The van der Waals surface area contributed by atoms with Crippen LogP contribution in [0.1, 0.15) is 18.1 Å². The molecular formula is C26H30N6O3S. The van der Waals surface area contributed by atoms with E-state index in [4.69, 9.17) is 0 Å². The van der Waals surface area contributed by atoms with Crippen molar-refractivity contribution >= 4 is 33.1 Å². The fourth-order valence-electron chi connectivity index (χ4n) is 4.92. The van der Waals surface area contributed by atoms with Crippen LogP contribution in [0, 0.1) is 6.92 Å². The number of hydrogen-bond donors (Lipinski definition) is 1. The fraction of sp³-hybridized carbons (Fsp3) is 0.346. The van der Waals surface area contributed by atoms with Crippen LogP contribution in [0.4, 0.5) is 17.2 Å². The molecule has 0 spiro atoms. The van der Waals surface area contributed by atoms with Crippen molar-refractivity contribution < 1.29 is 13.2 Å². The van der Waals surface area contributed by atoms with Crippen molar-refractivity contribution in [1.29, 1.82) is 0 Å². The molecule has 1 fully saturated rings. The third-order valence-corrected chi connectivity index (χ3v) is 8.29. The van der Waals surface area contributed by atoms with E-state index in [1.165, 1.54) is 35.4 Å². The predicted molar refractivity (Wildman–Crippen MR) is 140 cm³/mol. The first-order chi connectivity index (χ1) is 17.3. The summed E-state index contributed by atoms with van der Waals surface area (Å²) in [6.45, 7) is 7.62. The van der Waals surface area contributed by atoms with Crippen LogP contribution < -0.4 is 14.5 Å². The van der Waals surface area contributed by atoms with Crippen LogP contribution in [0.5, 0.6) is 0 Å². The summed E-state index contributed by atoms with van der Waals surface area (Å²) in [6, 6.07) is 14.5. The van der Waals surface area contributed by atoms with Crippen LogP contribution >= 0.6 is 0 Å². The SMILES string of the molecule is Cc1ccc2c(c1)CCN2C(C)C(=O)N1CCN(c2ccc(S(=O)(=O)Nc3ccncn3)cc2)CC1. The van der Waals surface area contributed by atoms with E-state index in [2.05, 4.69) is 49.6 Å². The molecular weight excluding hydrogens is 476 g/mol. The normalized spacial score (nSPS) is 16.6. The lowest BCUT2D eigenvalue weighted by atomic mass is 10.1. The zero-order valence-corrected chi connectivity index (χ0v) is 21.3. The molecule has 5 rings (SSSR count). The number of aryl methyl sites for hydroxylation is 1. The number of nitrogens with one attached hydrogen (secondary N) is 1. The third kappa shape index (κ3) is 4.86. The van der Waals surface area contributed by atoms with E-state index in [-0.39, 0.29) is 22.7 Å². The number of hydrogen-bond acceptors (Lipinski definition) is 7. The van der Waals surface area contributed by atoms with Gasteiger partial charge >= 0.3 is 0 Å². The summed E-state index contributed by atoms with van der Waals surface area (Å²) >= 11 is 0. The van der Waals surface area contributed by atoms with Gasteiger partial charge in [-0.25, -0.2) is 18.4 Å². The standard InChI is InChI=1S/C26H30N6O3S/c1-19-3-8-24-21(17-19)10-12-32(24)20(2)26(33)31-15-13-30(14-16-31)22-4-6-23(7-5-22)36(34,35)29-25-9-11-27-18-28-25/h3-9,11,17-18,20H,10,12-16H2,1-2H3,(H,27,28,29). The van der Waals surface area contributed by atoms with Crippen LogP contribution in [0.3, 0.4) is 0 Å². The number of fused-ring (bicyclic) bond motifs is 1. The average molecular weight is 507 g/mol. The first kappa shape index (κ1) is 24.1. The summed E-state index contributed by atoms with van der Waals surface area (Å²) in [5, 5.41) is 0. The maximum atomic E-state index is 13.3. The molecule has 1 saturated heterocycles. The number of nitrogens with zero attached hydrogens (tertiary/aromatic N) is 5. The van der Waals surface area contributed by atoms with Gasteiger partial charge in [0.15, 0.2) is 0 Å². The Morgan fingerprint density at radius 2 is 1.75 bits per heavy atom. The van der Waals surface area contributed by atoms with Gasteiger partial charge in [-0.05, 0) is 62.2 Å². The van der Waals surface area contributed by atoms with Gasteiger partial charge in [0.25, 0.3) is 10.0 Å². The number of benzene rings is 2. The number of anilines is 3. The molecule has 1 atom stereocenters. The van der Waals surface area contributed by atoms with E-state index in [0.29, 0.717) is 26.2 Å². The van der Waals surface area contributed by atoms with Gasteiger partial charge in [-0.2, -0.15) is 0 Å². The molecule has 1 unspecified atom stereocenters. The Bertz CT molecular complexity index is 1340. The molecule has 3 aromatic rings. The van der Waals surface area contributed by atoms with Crippen molar-refractivity contribution in [3.63, 3.8) is 0 Å². The van der Waals surface area contributed by atoms with Crippen molar-refractivity contribution in [2.24, 2.45) is 0 Å². The quantitative estimate of drug-likeness (QED) is 0.549. The fourth-order valence-corrected chi connectivity index (χ4v) is 5.93. The summed E-state index contributed by atoms with van der Waals surface area (Å²) in [5.74, 6) is 0.372. The Morgan fingerprint density at radius 1 is 1.00 bits per heavy atom. The third-order valence-electron chi connectivity index (χ3n) is 6.92. The summed E-state index contributed by atoms with van der Waals surface area (Å²) in [7, 11) is -3.74. The highest BCUT2D eigenvalue weighted by Crippen LogP contribution is 2.31. The van der Waals surface area contributed by atoms with Crippen molar-refractivity contribution in [3.05, 3.63) is 72.2 Å². The monoisotopic (exact) mass is 506 g/mol. The van der Waals surface area contributed by atoms with E-state index in [0.717, 1.165) is 18.7 Å². The van der Waals surface area contributed by atoms with Gasteiger partial charge in [0.05, 0.1) is 4.90 Å². The first-order valence-electron chi connectivity index (χ1n) is 12.1. The Hall–Kier alpha value is -3.66. The van der Waals surface area contributed by atoms with Crippen molar-refractivity contribution in [2.75, 3.05) is 47.2 Å². The number of carbonyl (C=O) groups excluding carboxylic acids is 1. The van der Waals surface area contributed by atoms with Crippen LogP contribution in [0.15, 0.2) is 66.0 Å². The molecule has 2 aromatic carbocycles. The maximum Gasteiger partial charge on any atom is 0.263 e. The van der Waals surface area contributed by atoms with Gasteiger partial charge < -0.3 is 14.7 Å². The minimum absolute atomic E-state index is 0.153. The summed E-state index contributed by atoms with van der Waals surface area (Å²) in [6.07, 6.45) is 3.74. The zero-order chi connectivity index (χ0) is 25.3. The van der Waals surface area contributed by atoms with Crippen LogP contribution in [0.2, 0.25) is 0 Å². The Morgan fingerprint density at radius 3 is 2.44 bits per heavy atom. The average Bonchev–Trinajstić information content (AvgIpc) is 3.31. The molecule has 36 heavy (non-hydrogen) atoms. The smallest absolute Gasteiger partial charge is 0.263 e. The molecule has 0 saturated carbocycles. The van der Waals surface area contributed by atoms with Crippen molar-refractivity contribution in [2.45, 2.75) is 31.2 Å². The second-order valence-electron chi connectivity index (χ2n) is 9.26. The largest absolute Gasteiger partial charge is 0.368 e. The van der Waals surface area contributed by atoms with E-state index < -0.39 is 10.0 Å². The molecule has 9 nitrogen and oxygen atoms in total. The first-order valence-corrected chi connectivity index (χ1v) is 13.6. The molecule has 2 aliphatic heterocycles. The molecule has 3 heterocycles. The minimum Gasteiger partial charge on any atom is -0.368 e. The van der Waals surface area contributed by atoms with E-state index in [1.54, 1.807) is 24.3 Å². The molecule has 188 valence electrons. The highest BCUT2D eigenvalue weighted by atomic mass is 32.2. The van der Waals surface area contributed by atoms with Gasteiger partial charge in [-0.3, -0.25) is 9.52 Å². The lowest BCUT2D eigenvalue weighted by Crippen LogP contribution is -2.54. The molecule has 10 heteroatoms. The number of sulfonamides is 1. The maximum absolute atomic E-state index is 13.3. The van der Waals surface area contributed by atoms with Crippen molar-refractivity contribution in [3.8, 4) is 0 Å². The molecule has 1 aromatic heterocycles. The Kier molecular flexibility index (Phi) is 6.53. The molecule has 0 radical (unpaired) electrons. The Labute approximate surface area is 211 Å². The van der Waals surface area contributed by atoms with Gasteiger partial charge in [0.1, 0.15) is 18.2 Å². The number of carbonyl (C=O) groups is 1. The minimum atomic E-state index is -3.74. The van der Waals surface area contributed by atoms with Crippen molar-refractivity contribution in [1.82, 2.24) is 14.9 Å². The van der Waals surface area contributed by atoms with Gasteiger partial charge in [-0.1, -0.05) is 17.7 Å². The van der Waals surface area contributed by atoms with E-state index in [9.17, 15) is 13.2 Å². The molecule has 0 aliphatic carbocycles. The number of piperazine rings is 1. The summed E-state index contributed by atoms with van der Waals surface area (Å²) in [4.78, 5) is 27.5. The number of aromatic nitrogens is 2. The second-order valence-corrected chi connectivity index (χ2v) is 10.9. The molecule has 1 N–H and O–H groups in total. The predicted octanol–water partition coefficient (Wildman–Crippen LogP) is 2.69. The van der Waals surface area contributed by atoms with Gasteiger partial charge in [0.2, 0.25) is 5.91 Å². The summed E-state index contributed by atoms with van der Waals surface area (Å²) < 4.78 is 27.7. The molecule has 0 bridgehead atoms. The second kappa shape index (κ2) is 9.77. The highest BCUT2D eigenvalue weighted by molar-refractivity contribution is 7.92. The zero-order valence-electron chi connectivity index (χ0n) is 20.5. The lowest BCUT2D eigenvalue weighted by molar-refractivity contribution is -0.132. The van der Waals surface area contributed by atoms with Gasteiger partial charge in [0, 0.05) is 50.3 Å². The van der Waals surface area contributed by atoms with Crippen LogP contribution in [-0.4, -0.2) is 68.0 Å². The summed E-state index contributed by atoms with van der Waals surface area (Å²) in [5.41, 5.74) is 4.67. The lowest BCUT2D eigenvalue weighted by Gasteiger charge is -2.39. The van der Waals surface area contributed by atoms with Gasteiger partial charge in [-0.15, -0.1) is 0 Å². The molecule has 2 aliphatic rings. The van der Waals surface area contributed by atoms with Crippen LogP contribution in [0.25, 0.3) is 0 Å². The van der Waals surface area contributed by atoms with Crippen LogP contribution in [-0.2, 0) is 21.2 Å².